The molecule has 38 heavy (non-hydrogen) atoms. The van der Waals surface area contributed by atoms with Gasteiger partial charge in [0.25, 0.3) is 17.7 Å². The molecule has 1 aromatic carbocycles. The number of aromatic nitrogens is 2. The molecule has 0 saturated carbocycles. The summed E-state index contributed by atoms with van der Waals surface area (Å²) in [6.45, 7) is 7.25. The van der Waals surface area contributed by atoms with E-state index in [4.69, 9.17) is 26.5 Å². The van der Waals surface area contributed by atoms with Crippen molar-refractivity contribution in [1.29, 1.82) is 0 Å². The number of rotatable bonds is 8. The molecule has 12 nitrogen and oxygen atoms in total. The number of likely N-dealkylation sites (tertiary alicyclic amines) is 1. The fourth-order valence-electron chi connectivity index (χ4n) is 4.44. The van der Waals surface area contributed by atoms with Gasteiger partial charge in [0.1, 0.15) is 0 Å². The predicted molar refractivity (Wildman–Crippen MR) is 137 cm³/mol. The number of benzene rings is 1. The van der Waals surface area contributed by atoms with Crippen LogP contribution in [0, 0.1) is 11.8 Å². The van der Waals surface area contributed by atoms with E-state index in [0.717, 1.165) is 11.8 Å². The van der Waals surface area contributed by atoms with Crippen LogP contribution in [0.5, 0.6) is 0 Å². The maximum atomic E-state index is 13.6. The molecule has 2 heterocycles. The van der Waals surface area contributed by atoms with Gasteiger partial charge in [-0.2, -0.15) is 9.58 Å². The first kappa shape index (κ1) is 29.2. The van der Waals surface area contributed by atoms with Crippen molar-refractivity contribution in [2.45, 2.75) is 58.7 Å². The van der Waals surface area contributed by atoms with Crippen molar-refractivity contribution >= 4 is 35.3 Å². The van der Waals surface area contributed by atoms with Gasteiger partial charge in [0.15, 0.2) is 0 Å². The smallest absolute Gasteiger partial charge is 0.442 e. The van der Waals surface area contributed by atoms with Crippen LogP contribution in [0.2, 0.25) is 5.02 Å². The molecule has 3 amide bonds. The molecule has 1 aliphatic heterocycles. The topological polar surface area (TPSA) is 158 Å². The van der Waals surface area contributed by atoms with Gasteiger partial charge in [-0.25, -0.2) is 9.59 Å². The molecule has 2 aromatic rings. The number of carbonyl (C=O) groups is 4. The molecule has 1 fully saturated rings. The van der Waals surface area contributed by atoms with Crippen LogP contribution in [0.3, 0.4) is 0 Å². The molecule has 1 aliphatic rings. The van der Waals surface area contributed by atoms with E-state index in [2.05, 4.69) is 5.10 Å². The highest BCUT2D eigenvalue weighted by molar-refractivity contribution is 6.30. The molecule has 0 aliphatic carbocycles. The van der Waals surface area contributed by atoms with Gasteiger partial charge in [-0.1, -0.05) is 39.3 Å². The molecule has 0 unspecified atom stereocenters. The van der Waals surface area contributed by atoms with Crippen LogP contribution in [0.4, 0.5) is 4.79 Å². The van der Waals surface area contributed by atoms with Crippen LogP contribution in [-0.4, -0.2) is 75.1 Å². The molecule has 2 N–H and O–H groups in total. The number of ketones is 1. The van der Waals surface area contributed by atoms with Crippen LogP contribution in [0.15, 0.2) is 33.5 Å². The third kappa shape index (κ3) is 5.87. The van der Waals surface area contributed by atoms with Crippen molar-refractivity contribution < 1.29 is 28.3 Å². The standard InChI is InChI=1S/C25H32ClN5O7/c1-13(2)18(27)23(34)30(24(35)37-5)22(33)17-7-6-12-29(17)19(14(3)4)20(32)21-28-31(25(36)38-21)16-10-8-15(26)9-11-16/h8-11,13-14,17-19H,6-7,12,27H2,1-5H3/t17-,18-,19-/m0/s1. The molecule has 3 rings (SSSR count). The first-order chi connectivity index (χ1) is 17.9. The Bertz CT molecular complexity index is 1250. The molecule has 1 saturated heterocycles. The third-order valence-electron chi connectivity index (χ3n) is 6.47. The Morgan fingerprint density at radius 1 is 1.13 bits per heavy atom. The average molecular weight is 550 g/mol. The van der Waals surface area contributed by atoms with Gasteiger partial charge in [-0.15, -0.1) is 5.10 Å². The lowest BCUT2D eigenvalue weighted by atomic mass is 9.96. The Balaban J connectivity index is 1.94. The predicted octanol–water partition coefficient (Wildman–Crippen LogP) is 2.26. The van der Waals surface area contributed by atoms with Gasteiger partial charge in [0.2, 0.25) is 5.78 Å². The van der Waals surface area contributed by atoms with E-state index >= 15 is 0 Å². The molecular weight excluding hydrogens is 518 g/mol. The number of hydrogen-bond acceptors (Lipinski definition) is 10. The van der Waals surface area contributed by atoms with Gasteiger partial charge < -0.3 is 14.9 Å². The molecule has 3 atom stereocenters. The number of nitrogens with two attached hydrogens (primary N) is 1. The molecule has 206 valence electrons. The number of Topliss-reactive ketones (excluding diaryl/α,β-unsaturated/α-hetero) is 1. The van der Waals surface area contributed by atoms with E-state index in [1.165, 1.54) is 0 Å². The zero-order chi connectivity index (χ0) is 28.3. The number of halogens is 1. The fraction of sp³-hybridized carbons (Fsp3) is 0.520. The highest BCUT2D eigenvalue weighted by Crippen LogP contribution is 2.28. The van der Waals surface area contributed by atoms with E-state index < -0.39 is 53.5 Å². The first-order valence-corrected chi connectivity index (χ1v) is 12.6. The quantitative estimate of drug-likeness (QED) is 0.484. The highest BCUT2D eigenvalue weighted by Gasteiger charge is 2.46. The van der Waals surface area contributed by atoms with Gasteiger partial charge in [-0.05, 0) is 55.5 Å². The van der Waals surface area contributed by atoms with Gasteiger partial charge in [0.05, 0.1) is 30.9 Å². The summed E-state index contributed by atoms with van der Waals surface area (Å²) in [5, 5.41) is 4.54. The maximum absolute atomic E-state index is 13.6. The minimum Gasteiger partial charge on any atom is -0.452 e. The summed E-state index contributed by atoms with van der Waals surface area (Å²) in [7, 11) is 1.06. The van der Waals surface area contributed by atoms with Crippen LogP contribution in [-0.2, 0) is 14.3 Å². The Hall–Kier alpha value is -3.35. The van der Waals surface area contributed by atoms with Crippen molar-refractivity contribution in [2.24, 2.45) is 17.6 Å². The fourth-order valence-corrected chi connectivity index (χ4v) is 4.56. The first-order valence-electron chi connectivity index (χ1n) is 12.3. The van der Waals surface area contributed by atoms with E-state index in [9.17, 15) is 24.0 Å². The van der Waals surface area contributed by atoms with Crippen LogP contribution in [0.1, 0.15) is 51.2 Å². The molecule has 0 radical (unpaired) electrons. The summed E-state index contributed by atoms with van der Waals surface area (Å²) in [5.74, 6) is -4.31. The summed E-state index contributed by atoms with van der Waals surface area (Å²) < 4.78 is 10.8. The van der Waals surface area contributed by atoms with E-state index in [0.29, 0.717) is 28.6 Å². The lowest BCUT2D eigenvalue weighted by Gasteiger charge is -2.34. The van der Waals surface area contributed by atoms with E-state index in [-0.39, 0.29) is 18.3 Å². The number of nitrogens with zero attached hydrogens (tertiary/aromatic N) is 4. The minimum atomic E-state index is -1.15. The molecule has 0 spiro atoms. The van der Waals surface area contributed by atoms with Crippen molar-refractivity contribution in [2.75, 3.05) is 13.7 Å². The van der Waals surface area contributed by atoms with Crippen LogP contribution in [0.25, 0.3) is 5.69 Å². The SMILES string of the molecule is COC(=O)N(C(=O)[C@@H](N)C(C)C)C(=O)[C@@H]1CCCN1[C@H](C(=O)c1nn(-c2ccc(Cl)cc2)c(=O)o1)C(C)C. The number of imide groups is 3. The highest BCUT2D eigenvalue weighted by atomic mass is 35.5. The summed E-state index contributed by atoms with van der Waals surface area (Å²) in [6, 6.07) is 3.20. The number of carbonyl (C=O) groups excluding carboxylic acids is 4. The number of methoxy groups -OCH3 is 1. The Kier molecular flexibility index (Phi) is 9.23. The minimum absolute atomic E-state index is 0.288. The largest absolute Gasteiger partial charge is 0.452 e. The van der Waals surface area contributed by atoms with E-state index in [1.807, 2.05) is 0 Å². The number of amides is 3. The number of ether oxygens (including phenoxy) is 1. The second-order valence-electron chi connectivity index (χ2n) is 9.76. The van der Waals surface area contributed by atoms with Crippen molar-refractivity contribution in [3.8, 4) is 5.69 Å². The van der Waals surface area contributed by atoms with Crippen molar-refractivity contribution in [1.82, 2.24) is 19.6 Å². The lowest BCUT2D eigenvalue weighted by molar-refractivity contribution is -0.146. The van der Waals surface area contributed by atoms with Crippen molar-refractivity contribution in [3.63, 3.8) is 0 Å². The summed E-state index contributed by atoms with van der Waals surface area (Å²) in [6.07, 6.45) is -0.339. The summed E-state index contributed by atoms with van der Waals surface area (Å²) >= 11 is 5.91. The summed E-state index contributed by atoms with van der Waals surface area (Å²) in [5.41, 5.74) is 6.30. The lowest BCUT2D eigenvalue weighted by Crippen LogP contribution is -2.58. The van der Waals surface area contributed by atoms with Gasteiger partial charge >= 0.3 is 11.8 Å². The van der Waals surface area contributed by atoms with Gasteiger partial charge in [-0.3, -0.25) is 19.3 Å². The third-order valence-corrected chi connectivity index (χ3v) is 6.72. The second-order valence-corrected chi connectivity index (χ2v) is 10.2. The Morgan fingerprint density at radius 2 is 1.76 bits per heavy atom. The maximum Gasteiger partial charge on any atom is 0.442 e. The zero-order valence-electron chi connectivity index (χ0n) is 21.9. The van der Waals surface area contributed by atoms with Crippen molar-refractivity contribution in [3.05, 3.63) is 45.7 Å². The van der Waals surface area contributed by atoms with Gasteiger partial charge in [0, 0.05) is 5.02 Å². The molecular formula is C25H32ClN5O7. The van der Waals surface area contributed by atoms with E-state index in [1.54, 1.807) is 56.9 Å². The average Bonchev–Trinajstić information content (AvgIpc) is 3.50. The molecule has 1 aromatic heterocycles. The summed E-state index contributed by atoms with van der Waals surface area (Å²) in [4.78, 5) is 67.2. The second kappa shape index (κ2) is 12.0. The Labute approximate surface area is 224 Å². The monoisotopic (exact) mass is 549 g/mol. The van der Waals surface area contributed by atoms with Crippen LogP contribution < -0.4 is 11.5 Å². The Morgan fingerprint density at radius 3 is 2.32 bits per heavy atom. The number of hydrogen-bond donors (Lipinski definition) is 1. The van der Waals surface area contributed by atoms with Crippen LogP contribution >= 0.6 is 11.6 Å². The normalized spacial score (nSPS) is 17.4. The molecule has 13 heteroatoms. The molecule has 0 bridgehead atoms. The zero-order valence-corrected chi connectivity index (χ0v) is 22.7.